The fourth-order valence-electron chi connectivity index (χ4n) is 4.37. The smallest absolute Gasteiger partial charge is 0.243 e. The Morgan fingerprint density at radius 2 is 1.81 bits per heavy atom. The Kier molecular flexibility index (Phi) is 8.37. The summed E-state index contributed by atoms with van der Waals surface area (Å²) in [5.74, 6) is 5.31. The lowest BCUT2D eigenvalue weighted by molar-refractivity contribution is -0.129. The van der Waals surface area contributed by atoms with Crippen molar-refractivity contribution in [2.75, 3.05) is 50.3 Å². The zero-order valence-electron chi connectivity index (χ0n) is 21.1. The number of methoxy groups -OCH3 is 2. The number of aryl methyl sites for hydroxylation is 2. The van der Waals surface area contributed by atoms with E-state index in [1.165, 1.54) is 0 Å². The highest BCUT2D eigenvalue weighted by Gasteiger charge is 2.22. The van der Waals surface area contributed by atoms with E-state index in [1.54, 1.807) is 19.7 Å². The summed E-state index contributed by atoms with van der Waals surface area (Å²) in [5, 5.41) is 9.52. The third kappa shape index (κ3) is 5.60. The van der Waals surface area contributed by atoms with Crippen molar-refractivity contribution in [3.63, 3.8) is 0 Å². The molecule has 0 bridgehead atoms. The molecule has 1 aliphatic rings. The number of nitrogens with one attached hydrogen (secondary N) is 1. The van der Waals surface area contributed by atoms with Gasteiger partial charge in [0.05, 0.1) is 31.7 Å². The maximum absolute atomic E-state index is 11.2. The Labute approximate surface area is 215 Å². The highest BCUT2D eigenvalue weighted by molar-refractivity contribution is 7.99. The van der Waals surface area contributed by atoms with Crippen LogP contribution in [0.5, 0.6) is 17.2 Å². The summed E-state index contributed by atoms with van der Waals surface area (Å²) in [6, 6.07) is 7.84. The van der Waals surface area contributed by atoms with Gasteiger partial charge in [0.15, 0.2) is 5.82 Å². The van der Waals surface area contributed by atoms with Gasteiger partial charge < -0.3 is 19.1 Å². The fourth-order valence-corrected chi connectivity index (χ4v) is 5.27. The van der Waals surface area contributed by atoms with Crippen LogP contribution in [0.15, 0.2) is 24.3 Å². The second kappa shape index (κ2) is 11.7. The van der Waals surface area contributed by atoms with Crippen LogP contribution < -0.4 is 24.6 Å². The number of hydroxylamine groups is 1. The Balaban J connectivity index is 1.73. The number of anilines is 1. The molecule has 2 aromatic carbocycles. The zero-order valence-corrected chi connectivity index (χ0v) is 21.9. The van der Waals surface area contributed by atoms with Crippen LogP contribution in [0.4, 0.5) is 5.82 Å². The van der Waals surface area contributed by atoms with E-state index in [1.807, 2.05) is 49.9 Å². The van der Waals surface area contributed by atoms with Crippen molar-refractivity contribution in [2.45, 2.75) is 26.7 Å². The minimum atomic E-state index is -0.424. The standard InChI is InChI=1S/C26H32N4O5S/c1-16-12-18(13-17(2)24(16)35-9-5-6-22(31)29-32)25-27-20-14-19(33-3)15-21(34-4)23(20)26(28-25)30-7-10-36-11-8-30/h12-15,32H,5-11H2,1-4H3,(H,29,31). The predicted molar refractivity (Wildman–Crippen MR) is 142 cm³/mol. The Hall–Kier alpha value is -3.24. The van der Waals surface area contributed by atoms with Gasteiger partial charge in [-0.1, -0.05) is 0 Å². The lowest BCUT2D eigenvalue weighted by Gasteiger charge is -2.29. The molecule has 0 atom stereocenters. The topological polar surface area (TPSA) is 106 Å². The number of hydrogen-bond acceptors (Lipinski definition) is 9. The number of nitrogens with zero attached hydrogens (tertiary/aromatic N) is 3. The van der Waals surface area contributed by atoms with Gasteiger partial charge in [0.25, 0.3) is 0 Å². The van der Waals surface area contributed by atoms with E-state index in [-0.39, 0.29) is 6.42 Å². The van der Waals surface area contributed by atoms with Crippen molar-refractivity contribution in [1.82, 2.24) is 15.4 Å². The summed E-state index contributed by atoms with van der Waals surface area (Å²) in [4.78, 5) is 23.5. The number of benzene rings is 2. The maximum atomic E-state index is 11.2. The van der Waals surface area contributed by atoms with Gasteiger partial charge in [0.1, 0.15) is 23.1 Å². The van der Waals surface area contributed by atoms with Gasteiger partial charge in [0.2, 0.25) is 5.91 Å². The van der Waals surface area contributed by atoms with Gasteiger partial charge in [-0.25, -0.2) is 15.4 Å². The third-order valence-electron chi connectivity index (χ3n) is 6.12. The average molecular weight is 513 g/mol. The summed E-state index contributed by atoms with van der Waals surface area (Å²) in [7, 11) is 3.28. The molecule has 1 saturated heterocycles. The number of amides is 1. The summed E-state index contributed by atoms with van der Waals surface area (Å²) in [6.07, 6.45) is 0.699. The molecule has 0 radical (unpaired) electrons. The highest BCUT2D eigenvalue weighted by Crippen LogP contribution is 2.39. The van der Waals surface area contributed by atoms with Crippen LogP contribution in [-0.2, 0) is 4.79 Å². The number of thioether (sulfide) groups is 1. The molecule has 0 saturated carbocycles. The second-order valence-electron chi connectivity index (χ2n) is 8.62. The van der Waals surface area contributed by atoms with Crippen LogP contribution in [-0.4, -0.2) is 66.5 Å². The first-order valence-electron chi connectivity index (χ1n) is 11.9. The van der Waals surface area contributed by atoms with Gasteiger partial charge in [0, 0.05) is 48.7 Å². The number of hydrogen-bond donors (Lipinski definition) is 2. The molecule has 9 nitrogen and oxygen atoms in total. The lowest BCUT2D eigenvalue weighted by atomic mass is 10.0. The Bertz CT molecular complexity index is 1220. The van der Waals surface area contributed by atoms with Crippen molar-refractivity contribution >= 4 is 34.4 Å². The van der Waals surface area contributed by atoms with Gasteiger partial charge in [-0.15, -0.1) is 0 Å². The summed E-state index contributed by atoms with van der Waals surface area (Å²) in [5.41, 5.74) is 5.22. The first-order chi connectivity index (χ1) is 17.4. The number of rotatable bonds is 9. The SMILES string of the molecule is COc1cc(OC)c2c(N3CCSCC3)nc(-c3cc(C)c(OCCCC(=O)NO)c(C)c3)nc2c1. The number of carbonyl (C=O) groups is 1. The first-order valence-corrected chi connectivity index (χ1v) is 13.0. The van der Waals surface area contributed by atoms with Crippen molar-refractivity contribution in [2.24, 2.45) is 0 Å². The molecule has 0 aliphatic carbocycles. The molecular formula is C26H32N4O5S. The molecule has 0 spiro atoms. The van der Waals surface area contributed by atoms with E-state index in [0.29, 0.717) is 30.4 Å². The normalized spacial score (nSPS) is 13.5. The third-order valence-corrected chi connectivity index (χ3v) is 7.06. The van der Waals surface area contributed by atoms with E-state index in [2.05, 4.69) is 4.90 Å². The minimum absolute atomic E-state index is 0.197. The molecule has 3 aromatic rings. The number of ether oxygens (including phenoxy) is 3. The zero-order chi connectivity index (χ0) is 25.7. The Morgan fingerprint density at radius 1 is 1.08 bits per heavy atom. The number of carbonyl (C=O) groups excluding carboxylic acids is 1. The van der Waals surface area contributed by atoms with Crippen molar-refractivity contribution in [3.8, 4) is 28.6 Å². The van der Waals surface area contributed by atoms with Crippen LogP contribution in [0.2, 0.25) is 0 Å². The van der Waals surface area contributed by atoms with E-state index in [4.69, 9.17) is 29.4 Å². The monoisotopic (exact) mass is 512 g/mol. The quantitative estimate of drug-likeness (QED) is 0.248. The molecular weight excluding hydrogens is 480 g/mol. The predicted octanol–water partition coefficient (Wildman–Crippen LogP) is 4.15. The minimum Gasteiger partial charge on any atom is -0.497 e. The van der Waals surface area contributed by atoms with Crippen molar-refractivity contribution < 1.29 is 24.2 Å². The number of fused-ring (bicyclic) bond motifs is 1. The molecule has 0 unspecified atom stereocenters. The van der Waals surface area contributed by atoms with E-state index in [0.717, 1.165) is 63.8 Å². The molecule has 1 aromatic heterocycles. The molecule has 4 rings (SSSR count). The molecule has 1 amide bonds. The average Bonchev–Trinajstić information content (AvgIpc) is 2.90. The van der Waals surface area contributed by atoms with Gasteiger partial charge in [-0.05, 0) is 43.5 Å². The van der Waals surface area contributed by atoms with Gasteiger partial charge >= 0.3 is 0 Å². The van der Waals surface area contributed by atoms with Crippen molar-refractivity contribution in [1.29, 1.82) is 0 Å². The fraction of sp³-hybridized carbons (Fsp3) is 0.423. The largest absolute Gasteiger partial charge is 0.497 e. The van der Waals surface area contributed by atoms with Gasteiger partial charge in [-0.3, -0.25) is 10.0 Å². The van der Waals surface area contributed by atoms with Crippen molar-refractivity contribution in [3.05, 3.63) is 35.4 Å². The second-order valence-corrected chi connectivity index (χ2v) is 9.84. The molecule has 36 heavy (non-hydrogen) atoms. The molecule has 192 valence electrons. The maximum Gasteiger partial charge on any atom is 0.243 e. The van der Waals surface area contributed by atoms with E-state index >= 15 is 0 Å². The first kappa shape index (κ1) is 25.8. The summed E-state index contributed by atoms with van der Waals surface area (Å²) >= 11 is 1.95. The van der Waals surface area contributed by atoms with Crippen LogP contribution in [0, 0.1) is 13.8 Å². The van der Waals surface area contributed by atoms with Gasteiger partial charge in [-0.2, -0.15) is 11.8 Å². The van der Waals surface area contributed by atoms with E-state index < -0.39 is 5.91 Å². The highest BCUT2D eigenvalue weighted by atomic mass is 32.2. The van der Waals surface area contributed by atoms with Crippen LogP contribution in [0.3, 0.4) is 0 Å². The molecule has 1 aliphatic heterocycles. The summed E-state index contributed by atoms with van der Waals surface area (Å²) in [6.45, 7) is 6.16. The molecule has 2 heterocycles. The molecule has 1 fully saturated rings. The van der Waals surface area contributed by atoms with Crippen LogP contribution in [0.1, 0.15) is 24.0 Å². The van der Waals surface area contributed by atoms with Crippen LogP contribution >= 0.6 is 11.8 Å². The number of aromatic nitrogens is 2. The van der Waals surface area contributed by atoms with Crippen LogP contribution in [0.25, 0.3) is 22.3 Å². The molecule has 2 N–H and O–H groups in total. The Morgan fingerprint density at radius 3 is 2.44 bits per heavy atom. The lowest BCUT2D eigenvalue weighted by Crippen LogP contribution is -2.33. The van der Waals surface area contributed by atoms with E-state index in [9.17, 15) is 4.79 Å². The molecule has 10 heteroatoms. The summed E-state index contributed by atoms with van der Waals surface area (Å²) < 4.78 is 17.2.